The summed E-state index contributed by atoms with van der Waals surface area (Å²) in [5.74, 6) is 5.22. The largest absolute Gasteiger partial charge is 0.294 e. The van der Waals surface area contributed by atoms with Crippen molar-refractivity contribution in [2.45, 2.75) is 52.5 Å². The molecular formula is C13H22N4O. The average molecular weight is 250 g/mol. The Hall–Kier alpha value is -1.36. The summed E-state index contributed by atoms with van der Waals surface area (Å²) in [6.07, 6.45) is 3.79. The molecule has 5 heteroatoms. The van der Waals surface area contributed by atoms with Crippen LogP contribution in [0.1, 0.15) is 48.7 Å². The fourth-order valence-electron chi connectivity index (χ4n) is 2.80. The third-order valence-electron chi connectivity index (χ3n) is 4.24. The number of rotatable bonds is 2. The highest BCUT2D eigenvalue weighted by Gasteiger charge is 2.28. The van der Waals surface area contributed by atoms with E-state index in [1.54, 1.807) is 0 Å². The molecule has 2 rings (SSSR count). The molecule has 1 aliphatic rings. The third kappa shape index (κ3) is 2.27. The number of nitrogens with zero attached hydrogens (tertiary/aromatic N) is 2. The van der Waals surface area contributed by atoms with Crippen LogP contribution in [0.5, 0.6) is 0 Å². The molecule has 1 heterocycles. The lowest BCUT2D eigenvalue weighted by Crippen LogP contribution is -2.37. The van der Waals surface area contributed by atoms with E-state index in [1.807, 2.05) is 6.92 Å². The molecule has 1 saturated carbocycles. The van der Waals surface area contributed by atoms with Crippen LogP contribution in [0, 0.1) is 26.7 Å². The molecule has 3 N–H and O–H groups in total. The number of hydrogen-bond donors (Lipinski definition) is 2. The molecule has 5 nitrogen and oxygen atoms in total. The van der Waals surface area contributed by atoms with Crippen molar-refractivity contribution in [2.75, 3.05) is 0 Å². The predicted molar refractivity (Wildman–Crippen MR) is 69.8 cm³/mol. The van der Waals surface area contributed by atoms with E-state index >= 15 is 0 Å². The van der Waals surface area contributed by atoms with E-state index in [2.05, 4.69) is 29.1 Å². The number of nitrogens with two attached hydrogens (primary N) is 1. The van der Waals surface area contributed by atoms with Crippen molar-refractivity contribution >= 4 is 5.91 Å². The first-order valence-corrected chi connectivity index (χ1v) is 6.57. The highest BCUT2D eigenvalue weighted by atomic mass is 16.2. The number of hydrogen-bond acceptors (Lipinski definition) is 3. The standard InChI is InChI=1S/C13H22N4O/c1-8-9(2)16-17(10(8)3)12-6-4-11(5-7-12)13(18)15-14/h11-12H,4-7,14H2,1-3H3,(H,15,18). The fraction of sp³-hybridized carbons (Fsp3) is 0.692. The third-order valence-corrected chi connectivity index (χ3v) is 4.24. The summed E-state index contributed by atoms with van der Waals surface area (Å²) in [5.41, 5.74) is 5.88. The Labute approximate surface area is 108 Å². The molecule has 100 valence electrons. The first kappa shape index (κ1) is 13.1. The van der Waals surface area contributed by atoms with Crippen LogP contribution in [0.4, 0.5) is 0 Å². The molecule has 0 radical (unpaired) electrons. The fourth-order valence-corrected chi connectivity index (χ4v) is 2.80. The number of amides is 1. The summed E-state index contributed by atoms with van der Waals surface area (Å²) in [7, 11) is 0. The number of carbonyl (C=O) groups excluding carboxylic acids is 1. The van der Waals surface area contributed by atoms with Gasteiger partial charge in [-0.25, -0.2) is 5.84 Å². The van der Waals surface area contributed by atoms with Crippen LogP contribution < -0.4 is 11.3 Å². The van der Waals surface area contributed by atoms with E-state index in [-0.39, 0.29) is 11.8 Å². The lowest BCUT2D eigenvalue weighted by Gasteiger charge is -2.28. The van der Waals surface area contributed by atoms with Gasteiger partial charge in [-0.2, -0.15) is 5.10 Å². The minimum atomic E-state index is -0.0296. The zero-order valence-corrected chi connectivity index (χ0v) is 11.4. The Morgan fingerprint density at radius 3 is 2.33 bits per heavy atom. The molecule has 0 unspecified atom stereocenters. The highest BCUT2D eigenvalue weighted by molar-refractivity contribution is 5.77. The molecule has 18 heavy (non-hydrogen) atoms. The summed E-state index contributed by atoms with van der Waals surface area (Å²) in [4.78, 5) is 11.5. The van der Waals surface area contributed by atoms with Crippen LogP contribution in [0.3, 0.4) is 0 Å². The maximum absolute atomic E-state index is 11.5. The van der Waals surface area contributed by atoms with Crippen molar-refractivity contribution in [1.29, 1.82) is 0 Å². The van der Waals surface area contributed by atoms with Crippen molar-refractivity contribution in [3.05, 3.63) is 17.0 Å². The van der Waals surface area contributed by atoms with Gasteiger partial charge in [0, 0.05) is 11.6 Å². The maximum atomic E-state index is 11.5. The zero-order chi connectivity index (χ0) is 13.3. The maximum Gasteiger partial charge on any atom is 0.236 e. The van der Waals surface area contributed by atoms with Gasteiger partial charge in [-0.3, -0.25) is 14.9 Å². The topological polar surface area (TPSA) is 72.9 Å². The minimum absolute atomic E-state index is 0.0296. The van der Waals surface area contributed by atoms with Crippen molar-refractivity contribution in [2.24, 2.45) is 11.8 Å². The summed E-state index contributed by atoms with van der Waals surface area (Å²) in [5, 5.41) is 4.61. The van der Waals surface area contributed by atoms with E-state index in [0.717, 1.165) is 31.4 Å². The minimum Gasteiger partial charge on any atom is -0.294 e. The van der Waals surface area contributed by atoms with Gasteiger partial charge in [-0.15, -0.1) is 0 Å². The average Bonchev–Trinajstić information content (AvgIpc) is 2.66. The lowest BCUT2D eigenvalue weighted by molar-refractivity contribution is -0.126. The van der Waals surface area contributed by atoms with Gasteiger partial charge in [0.15, 0.2) is 0 Å². The second kappa shape index (κ2) is 5.10. The summed E-state index contributed by atoms with van der Waals surface area (Å²) in [6, 6.07) is 0.430. The zero-order valence-electron chi connectivity index (χ0n) is 11.4. The Balaban J connectivity index is 2.05. The van der Waals surface area contributed by atoms with Gasteiger partial charge in [0.1, 0.15) is 0 Å². The van der Waals surface area contributed by atoms with E-state index in [1.165, 1.54) is 11.3 Å². The number of nitrogens with one attached hydrogen (secondary N) is 1. The van der Waals surface area contributed by atoms with Crippen LogP contribution in [-0.2, 0) is 4.79 Å². The molecule has 1 aromatic rings. The summed E-state index contributed by atoms with van der Waals surface area (Å²) >= 11 is 0. The van der Waals surface area contributed by atoms with Gasteiger partial charge in [0.25, 0.3) is 0 Å². The molecule has 0 saturated heterocycles. The second-order valence-electron chi connectivity index (χ2n) is 5.25. The van der Waals surface area contributed by atoms with Crippen molar-refractivity contribution in [3.8, 4) is 0 Å². The molecule has 1 aliphatic carbocycles. The van der Waals surface area contributed by atoms with Gasteiger partial charge in [-0.05, 0) is 52.0 Å². The molecule has 0 aromatic carbocycles. The molecule has 0 spiro atoms. The SMILES string of the molecule is Cc1nn(C2CCC(C(=O)NN)CC2)c(C)c1C. The van der Waals surface area contributed by atoms with Gasteiger partial charge >= 0.3 is 0 Å². The molecule has 1 amide bonds. The summed E-state index contributed by atoms with van der Waals surface area (Å²) < 4.78 is 2.14. The normalized spacial score (nSPS) is 24.0. The number of hydrazine groups is 1. The van der Waals surface area contributed by atoms with Gasteiger partial charge < -0.3 is 0 Å². The van der Waals surface area contributed by atoms with E-state index < -0.39 is 0 Å². The van der Waals surface area contributed by atoms with Gasteiger partial charge in [0.2, 0.25) is 5.91 Å². The van der Waals surface area contributed by atoms with E-state index in [4.69, 9.17) is 5.84 Å². The van der Waals surface area contributed by atoms with Gasteiger partial charge in [-0.1, -0.05) is 0 Å². The highest BCUT2D eigenvalue weighted by Crippen LogP contribution is 2.33. The molecule has 1 fully saturated rings. The predicted octanol–water partition coefficient (Wildman–Crippen LogP) is 1.53. The molecular weight excluding hydrogens is 228 g/mol. The van der Waals surface area contributed by atoms with Crippen LogP contribution in [0.2, 0.25) is 0 Å². The van der Waals surface area contributed by atoms with Crippen LogP contribution >= 0.6 is 0 Å². The van der Waals surface area contributed by atoms with E-state index in [0.29, 0.717) is 6.04 Å². The number of aromatic nitrogens is 2. The number of aryl methyl sites for hydroxylation is 1. The van der Waals surface area contributed by atoms with Crippen molar-refractivity contribution in [1.82, 2.24) is 15.2 Å². The molecule has 1 aromatic heterocycles. The Kier molecular flexibility index (Phi) is 3.71. The molecule has 0 aliphatic heterocycles. The lowest BCUT2D eigenvalue weighted by atomic mass is 9.85. The summed E-state index contributed by atoms with van der Waals surface area (Å²) in [6.45, 7) is 6.28. The molecule has 0 atom stereocenters. The smallest absolute Gasteiger partial charge is 0.236 e. The quantitative estimate of drug-likeness (QED) is 0.475. The van der Waals surface area contributed by atoms with E-state index in [9.17, 15) is 4.79 Å². The van der Waals surface area contributed by atoms with Crippen LogP contribution in [-0.4, -0.2) is 15.7 Å². The number of carbonyl (C=O) groups is 1. The van der Waals surface area contributed by atoms with Crippen molar-refractivity contribution in [3.63, 3.8) is 0 Å². The monoisotopic (exact) mass is 250 g/mol. The van der Waals surface area contributed by atoms with Crippen LogP contribution in [0.15, 0.2) is 0 Å². The van der Waals surface area contributed by atoms with Gasteiger partial charge in [0.05, 0.1) is 11.7 Å². The first-order chi connectivity index (χ1) is 8.54. The van der Waals surface area contributed by atoms with Crippen molar-refractivity contribution < 1.29 is 4.79 Å². The Bertz CT molecular complexity index is 444. The Morgan fingerprint density at radius 2 is 1.89 bits per heavy atom. The van der Waals surface area contributed by atoms with Crippen LogP contribution in [0.25, 0.3) is 0 Å². The molecule has 0 bridgehead atoms. The second-order valence-corrected chi connectivity index (χ2v) is 5.25. The first-order valence-electron chi connectivity index (χ1n) is 6.57. The Morgan fingerprint density at radius 1 is 1.28 bits per heavy atom.